The van der Waals surface area contributed by atoms with E-state index in [2.05, 4.69) is 5.32 Å². The first-order valence-electron chi connectivity index (χ1n) is 10.8. The molecule has 0 aliphatic heterocycles. The number of amides is 2. The minimum atomic E-state index is -0.705. The van der Waals surface area contributed by atoms with Crippen LogP contribution < -0.4 is 5.32 Å². The third-order valence-corrected chi connectivity index (χ3v) is 7.64. The van der Waals surface area contributed by atoms with Gasteiger partial charge in [0.25, 0.3) is 0 Å². The van der Waals surface area contributed by atoms with Crippen molar-refractivity contribution in [2.45, 2.75) is 24.8 Å². The summed E-state index contributed by atoms with van der Waals surface area (Å²) in [5.41, 5.74) is 2.62. The number of rotatable bonds is 10. The summed E-state index contributed by atoms with van der Waals surface area (Å²) < 4.78 is 0. The average Bonchev–Trinajstić information content (AvgIpc) is 2.85. The molecule has 3 rings (SSSR count). The fourth-order valence-corrected chi connectivity index (χ4v) is 5.31. The highest BCUT2D eigenvalue weighted by molar-refractivity contribution is 7.99. The van der Waals surface area contributed by atoms with E-state index in [-0.39, 0.29) is 24.1 Å². The van der Waals surface area contributed by atoms with Gasteiger partial charge in [0.1, 0.15) is 6.04 Å². The standard InChI is InChI=1S/C26H24Cl4N2O2S/c1-31-26(34)24(12-17-5-3-2-4-6-17)32(14-18-7-10-21(28)23(30)11-18)25(33)16-35-15-19-8-9-20(27)13-22(19)29/h2-11,13,24H,12,14-16H2,1H3,(H,31,34)/t24-/m0/s1. The molecule has 0 fully saturated rings. The van der Waals surface area contributed by atoms with Crippen molar-refractivity contribution in [3.63, 3.8) is 0 Å². The fourth-order valence-electron chi connectivity index (χ4n) is 3.53. The number of carbonyl (C=O) groups is 2. The number of carbonyl (C=O) groups excluding carboxylic acids is 2. The molecule has 9 heteroatoms. The predicted molar refractivity (Wildman–Crippen MR) is 148 cm³/mol. The van der Waals surface area contributed by atoms with Crippen molar-refractivity contribution in [3.05, 3.63) is 104 Å². The van der Waals surface area contributed by atoms with E-state index in [1.165, 1.54) is 11.8 Å². The molecule has 1 atom stereocenters. The van der Waals surface area contributed by atoms with E-state index in [0.29, 0.717) is 32.3 Å². The lowest BCUT2D eigenvalue weighted by molar-refractivity contribution is -0.139. The third-order valence-electron chi connectivity index (χ3n) is 5.35. The smallest absolute Gasteiger partial charge is 0.242 e. The number of nitrogens with zero attached hydrogens (tertiary/aromatic N) is 1. The van der Waals surface area contributed by atoms with Gasteiger partial charge in [-0.05, 0) is 41.0 Å². The van der Waals surface area contributed by atoms with Gasteiger partial charge in [-0.2, -0.15) is 0 Å². The maximum absolute atomic E-state index is 13.5. The minimum Gasteiger partial charge on any atom is -0.357 e. The molecule has 3 aromatic carbocycles. The van der Waals surface area contributed by atoms with E-state index < -0.39 is 6.04 Å². The molecule has 1 N–H and O–H groups in total. The normalized spacial score (nSPS) is 11.7. The maximum Gasteiger partial charge on any atom is 0.242 e. The third kappa shape index (κ3) is 8.06. The number of likely N-dealkylation sites (N-methyl/N-ethyl adjacent to an activating group) is 1. The lowest BCUT2D eigenvalue weighted by atomic mass is 10.0. The van der Waals surface area contributed by atoms with Crippen LogP contribution in [-0.2, 0) is 28.3 Å². The van der Waals surface area contributed by atoms with Crippen LogP contribution in [0.2, 0.25) is 20.1 Å². The molecule has 4 nitrogen and oxygen atoms in total. The van der Waals surface area contributed by atoms with Crippen LogP contribution in [0.3, 0.4) is 0 Å². The molecule has 0 saturated carbocycles. The van der Waals surface area contributed by atoms with Crippen LogP contribution in [0.5, 0.6) is 0 Å². The lowest BCUT2D eigenvalue weighted by Gasteiger charge is -2.31. The van der Waals surface area contributed by atoms with Gasteiger partial charge >= 0.3 is 0 Å². The Morgan fingerprint density at radius 1 is 0.886 bits per heavy atom. The second-order valence-corrected chi connectivity index (χ2v) is 10.5. The molecule has 0 heterocycles. The molecule has 0 aromatic heterocycles. The molecule has 0 saturated heterocycles. The summed E-state index contributed by atoms with van der Waals surface area (Å²) in [5.74, 6) is 0.289. The second-order valence-electron chi connectivity index (χ2n) is 7.82. The average molecular weight is 570 g/mol. The predicted octanol–water partition coefficient (Wildman–Crippen LogP) is 6.92. The summed E-state index contributed by atoms with van der Waals surface area (Å²) >= 11 is 26.0. The van der Waals surface area contributed by atoms with Gasteiger partial charge in [0.2, 0.25) is 11.8 Å². The summed E-state index contributed by atoms with van der Waals surface area (Å²) in [6.45, 7) is 0.211. The topological polar surface area (TPSA) is 49.4 Å². The number of thioether (sulfide) groups is 1. The zero-order valence-corrected chi connectivity index (χ0v) is 22.8. The Hall–Kier alpha value is -1.89. The lowest BCUT2D eigenvalue weighted by Crippen LogP contribution is -2.50. The number of hydrogen-bond acceptors (Lipinski definition) is 3. The number of halogens is 4. The van der Waals surface area contributed by atoms with Gasteiger partial charge in [0.15, 0.2) is 0 Å². The highest BCUT2D eigenvalue weighted by Crippen LogP contribution is 2.27. The van der Waals surface area contributed by atoms with Crippen LogP contribution in [0, 0.1) is 0 Å². The van der Waals surface area contributed by atoms with Crippen LogP contribution in [0.1, 0.15) is 16.7 Å². The Bertz CT molecular complexity index is 1180. The molecular formula is C26H24Cl4N2O2S. The number of benzene rings is 3. The van der Waals surface area contributed by atoms with Crippen molar-refractivity contribution in [1.29, 1.82) is 0 Å². The number of hydrogen-bond donors (Lipinski definition) is 1. The Morgan fingerprint density at radius 2 is 1.63 bits per heavy atom. The van der Waals surface area contributed by atoms with Crippen molar-refractivity contribution >= 4 is 70.0 Å². The van der Waals surface area contributed by atoms with E-state index in [1.807, 2.05) is 36.4 Å². The molecule has 0 aliphatic carbocycles. The molecule has 35 heavy (non-hydrogen) atoms. The van der Waals surface area contributed by atoms with Crippen LogP contribution in [0.4, 0.5) is 0 Å². The monoisotopic (exact) mass is 568 g/mol. The summed E-state index contributed by atoms with van der Waals surface area (Å²) in [7, 11) is 1.57. The van der Waals surface area contributed by atoms with E-state index in [9.17, 15) is 9.59 Å². The molecule has 2 amide bonds. The van der Waals surface area contributed by atoms with Gasteiger partial charge in [-0.1, -0.05) is 88.9 Å². The zero-order chi connectivity index (χ0) is 25.4. The van der Waals surface area contributed by atoms with Crippen molar-refractivity contribution in [3.8, 4) is 0 Å². The van der Waals surface area contributed by atoms with Gasteiger partial charge in [-0.25, -0.2) is 0 Å². The van der Waals surface area contributed by atoms with Crippen molar-refractivity contribution in [2.24, 2.45) is 0 Å². The first-order chi connectivity index (χ1) is 16.8. The van der Waals surface area contributed by atoms with Gasteiger partial charge in [0, 0.05) is 35.8 Å². The summed E-state index contributed by atoms with van der Waals surface area (Å²) in [5, 5.41) is 4.63. The molecule has 0 aliphatic rings. The minimum absolute atomic E-state index is 0.169. The van der Waals surface area contributed by atoms with E-state index >= 15 is 0 Å². The van der Waals surface area contributed by atoms with E-state index in [0.717, 1.165) is 16.7 Å². The Labute approximate surface area is 229 Å². The maximum atomic E-state index is 13.5. The van der Waals surface area contributed by atoms with Crippen molar-refractivity contribution in [1.82, 2.24) is 10.2 Å². The fraction of sp³-hybridized carbons (Fsp3) is 0.231. The molecule has 3 aromatic rings. The highest BCUT2D eigenvalue weighted by Gasteiger charge is 2.29. The van der Waals surface area contributed by atoms with Gasteiger partial charge in [0.05, 0.1) is 15.8 Å². The van der Waals surface area contributed by atoms with Crippen molar-refractivity contribution < 1.29 is 9.59 Å². The van der Waals surface area contributed by atoms with Crippen LogP contribution in [0.15, 0.2) is 66.7 Å². The van der Waals surface area contributed by atoms with E-state index in [1.54, 1.807) is 42.3 Å². The van der Waals surface area contributed by atoms with Gasteiger partial charge in [-0.3, -0.25) is 9.59 Å². The Kier molecular flexibility index (Phi) is 10.6. The van der Waals surface area contributed by atoms with Crippen LogP contribution in [0.25, 0.3) is 0 Å². The number of nitrogens with one attached hydrogen (secondary N) is 1. The SMILES string of the molecule is CNC(=O)[C@H](Cc1ccccc1)N(Cc1ccc(Cl)c(Cl)c1)C(=O)CSCc1ccc(Cl)cc1Cl. The first-order valence-corrected chi connectivity index (χ1v) is 13.5. The molecule has 0 bridgehead atoms. The quantitative estimate of drug-likeness (QED) is 0.288. The summed E-state index contributed by atoms with van der Waals surface area (Å²) in [6, 6.07) is 19.4. The molecule has 0 unspecified atom stereocenters. The Balaban J connectivity index is 1.83. The highest BCUT2D eigenvalue weighted by atomic mass is 35.5. The summed E-state index contributed by atoms with van der Waals surface area (Å²) in [4.78, 5) is 28.0. The second kappa shape index (κ2) is 13.4. The van der Waals surface area contributed by atoms with Crippen molar-refractivity contribution in [2.75, 3.05) is 12.8 Å². The van der Waals surface area contributed by atoms with Crippen LogP contribution >= 0.6 is 58.2 Å². The molecular weight excluding hydrogens is 546 g/mol. The largest absolute Gasteiger partial charge is 0.357 e. The van der Waals surface area contributed by atoms with Gasteiger partial charge in [-0.15, -0.1) is 11.8 Å². The first kappa shape index (κ1) is 27.7. The molecule has 184 valence electrons. The Morgan fingerprint density at radius 3 is 2.29 bits per heavy atom. The van der Waals surface area contributed by atoms with E-state index in [4.69, 9.17) is 46.4 Å². The zero-order valence-electron chi connectivity index (χ0n) is 18.9. The van der Waals surface area contributed by atoms with Crippen LogP contribution in [-0.4, -0.2) is 35.6 Å². The van der Waals surface area contributed by atoms with Gasteiger partial charge < -0.3 is 10.2 Å². The molecule has 0 spiro atoms. The molecule has 0 radical (unpaired) electrons. The summed E-state index contributed by atoms with van der Waals surface area (Å²) in [6.07, 6.45) is 0.376.